The molecule has 3 unspecified atom stereocenters. The number of amides is 2. The Morgan fingerprint density at radius 1 is 1.07 bits per heavy atom. The highest BCUT2D eigenvalue weighted by Crippen LogP contribution is 2.24. The lowest BCUT2D eigenvalue weighted by atomic mass is 9.90. The van der Waals surface area contributed by atoms with Crippen LogP contribution in [-0.2, 0) is 23.9 Å². The maximum atomic E-state index is 12.6. The van der Waals surface area contributed by atoms with Crippen molar-refractivity contribution < 1.29 is 29.0 Å². The summed E-state index contributed by atoms with van der Waals surface area (Å²) in [5.41, 5.74) is 0. The average molecular weight is 386 g/mol. The molecule has 0 heterocycles. The molecule has 0 aliphatic heterocycles. The van der Waals surface area contributed by atoms with Gasteiger partial charge in [-0.15, -0.1) is 0 Å². The van der Waals surface area contributed by atoms with Crippen LogP contribution in [0.25, 0.3) is 0 Å². The lowest BCUT2D eigenvalue weighted by molar-refractivity contribution is -0.148. The first-order valence-corrected chi connectivity index (χ1v) is 9.71. The van der Waals surface area contributed by atoms with Gasteiger partial charge in [0.05, 0.1) is 12.6 Å². The molecule has 156 valence electrons. The molecular weight excluding hydrogens is 352 g/mol. The summed E-state index contributed by atoms with van der Waals surface area (Å²) in [5, 5.41) is 14.3. The van der Waals surface area contributed by atoms with Crippen molar-refractivity contribution in [1.82, 2.24) is 10.6 Å². The van der Waals surface area contributed by atoms with E-state index in [1.54, 1.807) is 20.8 Å². The zero-order valence-corrected chi connectivity index (χ0v) is 16.8. The molecule has 0 aromatic rings. The quantitative estimate of drug-likeness (QED) is 0.494. The number of hydrogen-bond donors (Lipinski definition) is 3. The third kappa shape index (κ3) is 8.26. The van der Waals surface area contributed by atoms with Crippen molar-refractivity contribution in [2.45, 2.75) is 71.1 Å². The molecule has 0 saturated heterocycles. The van der Waals surface area contributed by atoms with E-state index in [1.165, 1.54) is 26.4 Å². The molecule has 0 spiro atoms. The van der Waals surface area contributed by atoms with Gasteiger partial charge in [-0.25, -0.2) is 4.79 Å². The van der Waals surface area contributed by atoms with Crippen LogP contribution in [0.15, 0.2) is 0 Å². The van der Waals surface area contributed by atoms with Crippen LogP contribution in [0, 0.1) is 11.8 Å². The minimum absolute atomic E-state index is 0.186. The van der Waals surface area contributed by atoms with Gasteiger partial charge in [-0.05, 0) is 25.7 Å². The second-order valence-corrected chi connectivity index (χ2v) is 7.49. The number of nitrogens with one attached hydrogen (secondary N) is 2. The molecule has 1 saturated carbocycles. The molecule has 3 N–H and O–H groups in total. The van der Waals surface area contributed by atoms with Gasteiger partial charge in [0, 0.05) is 19.6 Å². The summed E-state index contributed by atoms with van der Waals surface area (Å²) in [7, 11) is 1.26. The monoisotopic (exact) mass is 386 g/mol. The van der Waals surface area contributed by atoms with E-state index in [4.69, 9.17) is 14.6 Å². The van der Waals surface area contributed by atoms with Crippen molar-refractivity contribution in [3.05, 3.63) is 0 Å². The van der Waals surface area contributed by atoms with E-state index >= 15 is 0 Å². The third-order valence-corrected chi connectivity index (χ3v) is 4.92. The fourth-order valence-corrected chi connectivity index (χ4v) is 3.03. The maximum absolute atomic E-state index is 12.6. The number of ether oxygens (including phenoxy) is 2. The number of methoxy groups -OCH3 is 1. The summed E-state index contributed by atoms with van der Waals surface area (Å²) >= 11 is 0. The van der Waals surface area contributed by atoms with Crippen molar-refractivity contribution >= 4 is 17.8 Å². The van der Waals surface area contributed by atoms with Crippen LogP contribution >= 0.6 is 0 Å². The number of hydrogen-bond acceptors (Lipinski definition) is 5. The molecule has 3 atom stereocenters. The van der Waals surface area contributed by atoms with Crippen molar-refractivity contribution in [3.63, 3.8) is 0 Å². The molecule has 1 aliphatic carbocycles. The second kappa shape index (κ2) is 11.9. The Hall–Kier alpha value is -1.67. The first kappa shape index (κ1) is 23.4. The molecule has 0 aromatic heterocycles. The van der Waals surface area contributed by atoms with Gasteiger partial charge in [0.1, 0.15) is 6.04 Å². The Balaban J connectivity index is 2.67. The van der Waals surface area contributed by atoms with Gasteiger partial charge in [-0.3, -0.25) is 9.59 Å². The SMILES string of the molecule is COC(CNC(=O)C(NC(=O)C(C)C)C(C)OCC1CCCCC1)C(=O)O. The standard InChI is InChI=1S/C19H34N2O6/c1-12(2)17(22)21-16(18(23)20-10-15(26-4)19(24)25)13(3)27-11-14-8-6-5-7-9-14/h12-16H,5-11H2,1-4H3,(H,20,23)(H,21,22)(H,24,25). The van der Waals surface area contributed by atoms with Gasteiger partial charge in [0.25, 0.3) is 0 Å². The number of carbonyl (C=O) groups excluding carboxylic acids is 2. The van der Waals surface area contributed by atoms with Crippen molar-refractivity contribution in [1.29, 1.82) is 0 Å². The van der Waals surface area contributed by atoms with E-state index in [-0.39, 0.29) is 18.4 Å². The predicted octanol–water partition coefficient (Wildman–Crippen LogP) is 1.33. The van der Waals surface area contributed by atoms with Crippen molar-refractivity contribution in [3.8, 4) is 0 Å². The molecule has 0 radical (unpaired) electrons. The summed E-state index contributed by atoms with van der Waals surface area (Å²) < 4.78 is 10.7. The minimum Gasteiger partial charge on any atom is -0.479 e. The highest BCUT2D eigenvalue weighted by atomic mass is 16.5. The summed E-state index contributed by atoms with van der Waals surface area (Å²) in [5.74, 6) is -1.71. The largest absolute Gasteiger partial charge is 0.479 e. The summed E-state index contributed by atoms with van der Waals surface area (Å²) in [6.07, 6.45) is 4.22. The van der Waals surface area contributed by atoms with E-state index < -0.39 is 30.1 Å². The first-order chi connectivity index (χ1) is 12.8. The van der Waals surface area contributed by atoms with Crippen molar-refractivity contribution in [2.75, 3.05) is 20.3 Å². The smallest absolute Gasteiger partial charge is 0.334 e. The summed E-state index contributed by atoms with van der Waals surface area (Å²) in [6, 6.07) is -0.894. The van der Waals surface area contributed by atoms with Crippen LogP contribution < -0.4 is 10.6 Å². The average Bonchev–Trinajstić information content (AvgIpc) is 2.64. The molecule has 0 aromatic carbocycles. The Morgan fingerprint density at radius 2 is 1.70 bits per heavy atom. The lowest BCUT2D eigenvalue weighted by Gasteiger charge is -2.28. The molecule has 0 bridgehead atoms. The number of carbonyl (C=O) groups is 3. The number of carboxylic acids is 1. The fraction of sp³-hybridized carbons (Fsp3) is 0.842. The van der Waals surface area contributed by atoms with Crippen LogP contribution in [0.1, 0.15) is 52.9 Å². The molecular formula is C19H34N2O6. The van der Waals surface area contributed by atoms with Crippen molar-refractivity contribution in [2.24, 2.45) is 11.8 Å². The molecule has 1 fully saturated rings. The predicted molar refractivity (Wildman–Crippen MR) is 100 cm³/mol. The minimum atomic E-state index is -1.16. The maximum Gasteiger partial charge on any atom is 0.334 e. The molecule has 8 nitrogen and oxygen atoms in total. The van der Waals surface area contributed by atoms with Crippen LogP contribution in [0.5, 0.6) is 0 Å². The number of rotatable bonds is 11. The zero-order valence-electron chi connectivity index (χ0n) is 16.8. The Bertz CT molecular complexity index is 491. The summed E-state index contributed by atoms with van der Waals surface area (Å²) in [4.78, 5) is 35.7. The second-order valence-electron chi connectivity index (χ2n) is 7.49. The topological polar surface area (TPSA) is 114 Å². The molecule has 2 amide bonds. The van der Waals surface area contributed by atoms with E-state index in [1.807, 2.05) is 0 Å². The zero-order chi connectivity index (χ0) is 20.4. The third-order valence-electron chi connectivity index (χ3n) is 4.92. The summed E-state index contributed by atoms with van der Waals surface area (Å²) in [6.45, 7) is 5.59. The Kier molecular flexibility index (Phi) is 10.3. The van der Waals surface area contributed by atoms with E-state index in [2.05, 4.69) is 10.6 Å². The molecule has 8 heteroatoms. The van der Waals surface area contributed by atoms with Gasteiger partial charge in [0.15, 0.2) is 6.10 Å². The highest BCUT2D eigenvalue weighted by molar-refractivity contribution is 5.89. The lowest BCUT2D eigenvalue weighted by Crippen LogP contribution is -2.55. The van der Waals surface area contributed by atoms with Gasteiger partial charge < -0.3 is 25.2 Å². The Labute approximate surface area is 161 Å². The fourth-order valence-electron chi connectivity index (χ4n) is 3.03. The van der Waals surface area contributed by atoms with E-state index in [0.717, 1.165) is 12.8 Å². The van der Waals surface area contributed by atoms with E-state index in [0.29, 0.717) is 12.5 Å². The highest BCUT2D eigenvalue weighted by Gasteiger charge is 2.30. The van der Waals surface area contributed by atoms with E-state index in [9.17, 15) is 14.4 Å². The normalized spacial score (nSPS) is 18.6. The van der Waals surface area contributed by atoms with Gasteiger partial charge in [-0.2, -0.15) is 0 Å². The van der Waals surface area contributed by atoms with Gasteiger partial charge in [-0.1, -0.05) is 33.1 Å². The molecule has 1 aliphatic rings. The first-order valence-electron chi connectivity index (χ1n) is 9.71. The van der Waals surface area contributed by atoms with Crippen LogP contribution in [0.4, 0.5) is 0 Å². The van der Waals surface area contributed by atoms with Crippen LogP contribution in [-0.4, -0.2) is 61.4 Å². The molecule has 1 rings (SSSR count). The van der Waals surface area contributed by atoms with Gasteiger partial charge >= 0.3 is 5.97 Å². The van der Waals surface area contributed by atoms with Crippen LogP contribution in [0.2, 0.25) is 0 Å². The number of aliphatic carboxylic acids is 1. The van der Waals surface area contributed by atoms with Gasteiger partial charge in [0.2, 0.25) is 11.8 Å². The number of carboxylic acid groups (broad SMARTS) is 1. The van der Waals surface area contributed by atoms with Crippen LogP contribution in [0.3, 0.4) is 0 Å². The molecule has 27 heavy (non-hydrogen) atoms. The Morgan fingerprint density at radius 3 is 2.22 bits per heavy atom.